The Morgan fingerprint density at radius 2 is 1.96 bits per heavy atom. The van der Waals surface area contributed by atoms with E-state index in [1.165, 1.54) is 18.4 Å². The Balaban J connectivity index is 1.70. The van der Waals surface area contributed by atoms with Gasteiger partial charge in [-0.3, -0.25) is 4.90 Å². The van der Waals surface area contributed by atoms with Gasteiger partial charge in [0.05, 0.1) is 18.7 Å². The van der Waals surface area contributed by atoms with Gasteiger partial charge in [-0.05, 0) is 49.7 Å². The third kappa shape index (κ3) is 4.42. The third-order valence-corrected chi connectivity index (χ3v) is 4.92. The van der Waals surface area contributed by atoms with Crippen LogP contribution in [0.2, 0.25) is 0 Å². The lowest BCUT2D eigenvalue weighted by Gasteiger charge is -2.29. The van der Waals surface area contributed by atoms with E-state index in [4.69, 9.17) is 9.84 Å². The summed E-state index contributed by atoms with van der Waals surface area (Å²) in [5.74, 6) is 0.0230. The molecule has 0 saturated carbocycles. The van der Waals surface area contributed by atoms with Crippen LogP contribution >= 0.6 is 0 Å². The first-order valence-electron chi connectivity index (χ1n) is 9.09. The number of hydrogen-bond acceptors (Lipinski definition) is 4. The van der Waals surface area contributed by atoms with E-state index < -0.39 is 5.97 Å². The van der Waals surface area contributed by atoms with Crippen molar-refractivity contribution in [2.24, 2.45) is 0 Å². The van der Waals surface area contributed by atoms with E-state index in [0.29, 0.717) is 12.1 Å². The van der Waals surface area contributed by atoms with Gasteiger partial charge in [0, 0.05) is 18.7 Å². The van der Waals surface area contributed by atoms with E-state index in [-0.39, 0.29) is 6.04 Å². The van der Waals surface area contributed by atoms with Crippen molar-refractivity contribution in [3.8, 4) is 5.75 Å². The highest BCUT2D eigenvalue weighted by Crippen LogP contribution is 2.31. The Morgan fingerprint density at radius 1 is 1.19 bits per heavy atom. The van der Waals surface area contributed by atoms with Crippen LogP contribution in [0.5, 0.6) is 5.75 Å². The number of nitrogens with one attached hydrogen (secondary N) is 1. The third-order valence-electron chi connectivity index (χ3n) is 4.92. The molecule has 1 aliphatic heterocycles. The second-order valence-corrected chi connectivity index (χ2v) is 6.64. The second kappa shape index (κ2) is 8.83. The number of benzene rings is 2. The zero-order chi connectivity index (χ0) is 18.4. The zero-order valence-corrected chi connectivity index (χ0v) is 15.1. The highest BCUT2D eigenvalue weighted by molar-refractivity contribution is 5.87. The summed E-state index contributed by atoms with van der Waals surface area (Å²) >= 11 is 0. The Labute approximate surface area is 154 Å². The number of para-hydroxylation sites is 1. The molecule has 1 fully saturated rings. The minimum Gasteiger partial charge on any atom is -0.496 e. The number of methoxy groups -OCH3 is 1. The van der Waals surface area contributed by atoms with Gasteiger partial charge in [-0.2, -0.15) is 0 Å². The molecule has 3 rings (SSSR count). The second-order valence-electron chi connectivity index (χ2n) is 6.64. The zero-order valence-electron chi connectivity index (χ0n) is 15.1. The van der Waals surface area contributed by atoms with Crippen LogP contribution in [0.4, 0.5) is 0 Å². The molecular weight excluding hydrogens is 328 g/mol. The first kappa shape index (κ1) is 18.4. The lowest BCUT2D eigenvalue weighted by molar-refractivity contribution is 0.0696. The van der Waals surface area contributed by atoms with Gasteiger partial charge < -0.3 is 15.2 Å². The van der Waals surface area contributed by atoms with Gasteiger partial charge in [-0.1, -0.05) is 30.3 Å². The summed E-state index contributed by atoms with van der Waals surface area (Å²) in [4.78, 5) is 13.6. The fourth-order valence-corrected chi connectivity index (χ4v) is 3.60. The van der Waals surface area contributed by atoms with Crippen molar-refractivity contribution >= 4 is 5.97 Å². The Morgan fingerprint density at radius 3 is 2.69 bits per heavy atom. The average molecular weight is 354 g/mol. The Kier molecular flexibility index (Phi) is 6.26. The fraction of sp³-hybridized carbons (Fsp3) is 0.381. The molecule has 0 aliphatic carbocycles. The topological polar surface area (TPSA) is 61.8 Å². The molecule has 1 unspecified atom stereocenters. The molecule has 0 spiro atoms. The summed E-state index contributed by atoms with van der Waals surface area (Å²) in [5, 5.41) is 12.6. The van der Waals surface area contributed by atoms with E-state index in [2.05, 4.69) is 22.3 Å². The fourth-order valence-electron chi connectivity index (χ4n) is 3.60. The van der Waals surface area contributed by atoms with Crippen molar-refractivity contribution in [2.75, 3.05) is 26.7 Å². The molecule has 138 valence electrons. The number of ether oxygens (including phenoxy) is 1. The summed E-state index contributed by atoms with van der Waals surface area (Å²) in [7, 11) is 1.71. The number of likely N-dealkylation sites (tertiary alicyclic amines) is 1. The molecule has 1 atom stereocenters. The van der Waals surface area contributed by atoms with E-state index in [1.54, 1.807) is 25.3 Å². The highest BCUT2D eigenvalue weighted by Gasteiger charge is 2.25. The molecule has 2 N–H and O–H groups in total. The number of carboxylic acids is 1. The summed E-state index contributed by atoms with van der Waals surface area (Å²) in [6.07, 6.45) is 2.46. The molecule has 0 bridgehead atoms. The summed E-state index contributed by atoms with van der Waals surface area (Å²) in [5.41, 5.74) is 2.50. The minimum absolute atomic E-state index is 0.247. The van der Waals surface area contributed by atoms with Crippen molar-refractivity contribution in [3.05, 3.63) is 65.2 Å². The molecule has 2 aromatic carbocycles. The first-order valence-corrected chi connectivity index (χ1v) is 9.09. The molecule has 1 aliphatic rings. The van der Waals surface area contributed by atoms with Crippen LogP contribution in [0.15, 0.2) is 48.5 Å². The number of nitrogens with zero attached hydrogens (tertiary/aromatic N) is 1. The van der Waals surface area contributed by atoms with E-state index in [0.717, 1.165) is 30.9 Å². The van der Waals surface area contributed by atoms with Crippen LogP contribution < -0.4 is 10.1 Å². The molecule has 2 aromatic rings. The van der Waals surface area contributed by atoms with Crippen molar-refractivity contribution in [1.82, 2.24) is 10.2 Å². The predicted molar refractivity (Wildman–Crippen MR) is 102 cm³/mol. The number of hydrogen-bond donors (Lipinski definition) is 2. The van der Waals surface area contributed by atoms with Gasteiger partial charge in [0.2, 0.25) is 0 Å². The summed E-state index contributed by atoms with van der Waals surface area (Å²) < 4.78 is 5.57. The number of carbonyl (C=O) groups is 1. The van der Waals surface area contributed by atoms with Crippen molar-refractivity contribution in [2.45, 2.75) is 25.4 Å². The molecule has 5 heteroatoms. The maximum absolute atomic E-state index is 11.1. The van der Waals surface area contributed by atoms with Crippen LogP contribution in [0.1, 0.15) is 40.4 Å². The summed E-state index contributed by atoms with van der Waals surface area (Å²) in [6.45, 7) is 3.62. The Bertz CT molecular complexity index is 742. The molecule has 5 nitrogen and oxygen atoms in total. The minimum atomic E-state index is -0.893. The van der Waals surface area contributed by atoms with E-state index in [9.17, 15) is 4.79 Å². The van der Waals surface area contributed by atoms with E-state index >= 15 is 0 Å². The number of rotatable bonds is 8. The predicted octanol–water partition coefficient (Wildman–Crippen LogP) is 3.32. The highest BCUT2D eigenvalue weighted by atomic mass is 16.5. The van der Waals surface area contributed by atoms with Crippen LogP contribution in [0.3, 0.4) is 0 Å². The number of carboxylic acid groups (broad SMARTS) is 1. The van der Waals surface area contributed by atoms with Gasteiger partial charge in [-0.15, -0.1) is 0 Å². The quantitative estimate of drug-likeness (QED) is 0.761. The molecule has 0 radical (unpaired) electrons. The largest absolute Gasteiger partial charge is 0.496 e. The van der Waals surface area contributed by atoms with Crippen molar-refractivity contribution in [1.29, 1.82) is 0 Å². The lowest BCUT2D eigenvalue weighted by atomic mass is 10.0. The molecular formula is C21H26N2O3. The van der Waals surface area contributed by atoms with Gasteiger partial charge in [0.25, 0.3) is 0 Å². The molecule has 1 heterocycles. The van der Waals surface area contributed by atoms with Gasteiger partial charge >= 0.3 is 5.97 Å². The lowest BCUT2D eigenvalue weighted by Crippen LogP contribution is -2.34. The maximum Gasteiger partial charge on any atom is 0.335 e. The molecule has 26 heavy (non-hydrogen) atoms. The Hall–Kier alpha value is -2.37. The van der Waals surface area contributed by atoms with Crippen LogP contribution in [0.25, 0.3) is 0 Å². The van der Waals surface area contributed by atoms with Crippen LogP contribution in [0, 0.1) is 0 Å². The summed E-state index contributed by atoms with van der Waals surface area (Å²) in [6, 6.07) is 15.5. The smallest absolute Gasteiger partial charge is 0.335 e. The normalized spacial score (nSPS) is 15.7. The van der Waals surface area contributed by atoms with E-state index in [1.807, 2.05) is 18.2 Å². The van der Waals surface area contributed by atoms with Crippen molar-refractivity contribution in [3.63, 3.8) is 0 Å². The maximum atomic E-state index is 11.1. The SMILES string of the molecule is COc1ccccc1C(CNCc1cccc(C(=O)O)c1)N1CCCC1. The average Bonchev–Trinajstić information content (AvgIpc) is 3.20. The standard InChI is InChI=1S/C21H26N2O3/c1-26-20-10-3-2-9-18(20)19(23-11-4-5-12-23)15-22-14-16-7-6-8-17(13-16)21(24)25/h2-3,6-10,13,19,22H,4-5,11-12,14-15H2,1H3,(H,24,25). The number of aromatic carboxylic acids is 1. The van der Waals surface area contributed by atoms with Gasteiger partial charge in [-0.25, -0.2) is 4.79 Å². The molecule has 0 aromatic heterocycles. The van der Waals surface area contributed by atoms with Crippen LogP contribution in [-0.2, 0) is 6.54 Å². The first-order chi connectivity index (χ1) is 12.7. The molecule has 0 amide bonds. The molecule has 1 saturated heterocycles. The van der Waals surface area contributed by atoms with Crippen molar-refractivity contribution < 1.29 is 14.6 Å². The van der Waals surface area contributed by atoms with Gasteiger partial charge in [0.15, 0.2) is 0 Å². The van der Waals surface area contributed by atoms with Crippen LogP contribution in [-0.4, -0.2) is 42.7 Å². The van der Waals surface area contributed by atoms with Gasteiger partial charge in [0.1, 0.15) is 5.75 Å². The monoisotopic (exact) mass is 354 g/mol.